The van der Waals surface area contributed by atoms with Crippen molar-refractivity contribution in [3.8, 4) is 6.07 Å². The van der Waals surface area contributed by atoms with E-state index in [1.54, 1.807) is 54.5 Å². The van der Waals surface area contributed by atoms with Crippen LogP contribution in [0.5, 0.6) is 0 Å². The third kappa shape index (κ3) is 4.39. The molecule has 1 atom stereocenters. The number of hydrogen-bond donors (Lipinski definition) is 1. The average Bonchev–Trinajstić information content (AvgIpc) is 3.02. The monoisotopic (exact) mass is 469 g/mol. The second-order valence-electron chi connectivity index (χ2n) is 6.69. The maximum Gasteiger partial charge on any atom is 0.254 e. The van der Waals surface area contributed by atoms with Crippen LogP contribution in [0, 0.1) is 11.3 Å². The SMILES string of the molecule is CC(C)(C#N)NC(=O)c1cc(Cl)cc(Cl)c1N1C(Cl)C=CN1c1ncccc1Cl. The zero-order valence-electron chi connectivity index (χ0n) is 15.3. The number of nitriles is 1. The van der Waals surface area contributed by atoms with E-state index >= 15 is 0 Å². The quantitative estimate of drug-likeness (QED) is 0.478. The summed E-state index contributed by atoms with van der Waals surface area (Å²) < 4.78 is 0. The first kappa shape index (κ1) is 21.5. The number of alkyl halides is 1. The van der Waals surface area contributed by atoms with Gasteiger partial charge in [-0.1, -0.05) is 46.4 Å². The van der Waals surface area contributed by atoms with Gasteiger partial charge in [0.15, 0.2) is 5.82 Å². The summed E-state index contributed by atoms with van der Waals surface area (Å²) in [5.74, 6) is -0.123. The Morgan fingerprint density at radius 2 is 2.00 bits per heavy atom. The summed E-state index contributed by atoms with van der Waals surface area (Å²) in [5, 5.41) is 15.9. The Bertz CT molecular complexity index is 1030. The Labute approximate surface area is 188 Å². The highest BCUT2D eigenvalue weighted by atomic mass is 35.5. The molecule has 29 heavy (non-hydrogen) atoms. The Hall–Kier alpha value is -2.17. The molecule has 2 aromatic rings. The summed E-state index contributed by atoms with van der Waals surface area (Å²) in [6.07, 6.45) is 4.96. The molecule has 150 valence electrons. The van der Waals surface area contributed by atoms with Crippen molar-refractivity contribution in [1.82, 2.24) is 10.3 Å². The van der Waals surface area contributed by atoms with Crippen LogP contribution in [0.25, 0.3) is 0 Å². The van der Waals surface area contributed by atoms with E-state index in [1.807, 2.05) is 6.07 Å². The summed E-state index contributed by atoms with van der Waals surface area (Å²) >= 11 is 25.4. The van der Waals surface area contributed by atoms with E-state index < -0.39 is 16.9 Å². The number of carbonyl (C=O) groups is 1. The van der Waals surface area contributed by atoms with Gasteiger partial charge in [-0.15, -0.1) is 0 Å². The molecule has 1 aromatic heterocycles. The van der Waals surface area contributed by atoms with E-state index in [9.17, 15) is 10.1 Å². The number of benzene rings is 1. The lowest BCUT2D eigenvalue weighted by Gasteiger charge is -2.34. The third-order valence-corrected chi connectivity index (χ3v) is 5.15. The lowest BCUT2D eigenvalue weighted by atomic mass is 10.1. The van der Waals surface area contributed by atoms with E-state index in [2.05, 4.69) is 10.3 Å². The van der Waals surface area contributed by atoms with E-state index in [-0.39, 0.29) is 15.6 Å². The van der Waals surface area contributed by atoms with Crippen molar-refractivity contribution in [3.05, 3.63) is 63.4 Å². The third-order valence-electron chi connectivity index (χ3n) is 4.02. The minimum absolute atomic E-state index is 0.150. The van der Waals surface area contributed by atoms with Gasteiger partial charge in [0.25, 0.3) is 5.91 Å². The maximum atomic E-state index is 13.0. The molecule has 3 rings (SSSR count). The van der Waals surface area contributed by atoms with Crippen LogP contribution in [0.1, 0.15) is 24.2 Å². The Morgan fingerprint density at radius 1 is 1.28 bits per heavy atom. The molecule has 1 aliphatic rings. The van der Waals surface area contributed by atoms with Crippen molar-refractivity contribution in [1.29, 1.82) is 5.26 Å². The van der Waals surface area contributed by atoms with Crippen molar-refractivity contribution >= 4 is 63.8 Å². The highest BCUT2D eigenvalue weighted by molar-refractivity contribution is 6.38. The summed E-state index contributed by atoms with van der Waals surface area (Å²) in [6, 6.07) is 8.38. The van der Waals surface area contributed by atoms with Crippen molar-refractivity contribution in [2.24, 2.45) is 0 Å². The van der Waals surface area contributed by atoms with Gasteiger partial charge in [0.05, 0.1) is 27.4 Å². The lowest BCUT2D eigenvalue weighted by molar-refractivity contribution is 0.0929. The molecule has 0 spiro atoms. The topological polar surface area (TPSA) is 72.3 Å². The fourth-order valence-corrected chi connectivity index (χ4v) is 3.77. The molecule has 1 unspecified atom stereocenters. The number of anilines is 2. The van der Waals surface area contributed by atoms with Crippen molar-refractivity contribution in [2.45, 2.75) is 24.9 Å². The van der Waals surface area contributed by atoms with Crippen molar-refractivity contribution in [2.75, 3.05) is 10.0 Å². The number of hydrazine groups is 1. The Kier molecular flexibility index (Phi) is 6.16. The predicted octanol–water partition coefficient (Wildman–Crippen LogP) is 5.39. The molecule has 1 aliphatic heterocycles. The van der Waals surface area contributed by atoms with Gasteiger partial charge < -0.3 is 5.32 Å². The van der Waals surface area contributed by atoms with Crippen LogP contribution >= 0.6 is 46.4 Å². The first-order valence-electron chi connectivity index (χ1n) is 8.39. The van der Waals surface area contributed by atoms with Gasteiger partial charge in [0, 0.05) is 17.4 Å². The summed E-state index contributed by atoms with van der Waals surface area (Å²) in [5.41, 5.74) is -1.33. The lowest BCUT2D eigenvalue weighted by Crippen LogP contribution is -2.44. The molecule has 0 saturated heterocycles. The number of aromatic nitrogens is 1. The number of amides is 1. The zero-order chi connectivity index (χ0) is 21.3. The molecule has 1 amide bonds. The molecule has 0 bridgehead atoms. The Balaban J connectivity index is 2.13. The number of pyridine rings is 1. The number of rotatable bonds is 4. The van der Waals surface area contributed by atoms with Gasteiger partial charge in [-0.05, 0) is 44.2 Å². The van der Waals surface area contributed by atoms with Gasteiger partial charge >= 0.3 is 0 Å². The largest absolute Gasteiger partial charge is 0.334 e. The average molecular weight is 471 g/mol. The number of nitrogens with zero attached hydrogens (tertiary/aromatic N) is 4. The molecule has 6 nitrogen and oxygen atoms in total. The molecule has 2 heterocycles. The van der Waals surface area contributed by atoms with Gasteiger partial charge in [-0.3, -0.25) is 9.80 Å². The minimum Gasteiger partial charge on any atom is -0.334 e. The molecule has 0 fully saturated rings. The predicted molar refractivity (Wildman–Crippen MR) is 117 cm³/mol. The summed E-state index contributed by atoms with van der Waals surface area (Å²) in [7, 11) is 0. The number of carbonyl (C=O) groups excluding carboxylic acids is 1. The van der Waals surface area contributed by atoms with Crippen LogP contribution in [-0.4, -0.2) is 21.9 Å². The molecule has 1 N–H and O–H groups in total. The molecule has 0 saturated carbocycles. The van der Waals surface area contributed by atoms with Gasteiger partial charge in [0.2, 0.25) is 0 Å². The van der Waals surface area contributed by atoms with Crippen LogP contribution in [0.15, 0.2) is 42.7 Å². The molecule has 10 heteroatoms. The molecule has 0 aliphatic carbocycles. The fraction of sp³-hybridized carbons (Fsp3) is 0.211. The fourth-order valence-electron chi connectivity index (χ4n) is 2.73. The van der Waals surface area contributed by atoms with Crippen LogP contribution in [0.2, 0.25) is 15.1 Å². The van der Waals surface area contributed by atoms with Crippen LogP contribution in [0.4, 0.5) is 11.5 Å². The number of hydrogen-bond acceptors (Lipinski definition) is 5. The molecule has 1 aromatic carbocycles. The van der Waals surface area contributed by atoms with Crippen molar-refractivity contribution in [3.63, 3.8) is 0 Å². The molecular weight excluding hydrogens is 456 g/mol. The standard InChI is InChI=1S/C19H15Cl4N5O/c1-19(2,10-24)26-18(29)12-8-11(20)9-14(22)16(12)28-15(23)5-7-27(28)17-13(21)4-3-6-25-17/h3-9,15H,1-2H3,(H,26,29). The smallest absolute Gasteiger partial charge is 0.254 e. The van der Waals surface area contributed by atoms with Gasteiger partial charge in [-0.25, -0.2) is 9.99 Å². The molecule has 0 radical (unpaired) electrons. The second kappa shape index (κ2) is 8.29. The Morgan fingerprint density at radius 3 is 2.66 bits per heavy atom. The van der Waals surface area contributed by atoms with E-state index in [0.29, 0.717) is 16.5 Å². The normalized spacial score (nSPS) is 16.1. The minimum atomic E-state index is -1.10. The first-order chi connectivity index (χ1) is 13.6. The number of halogens is 4. The van der Waals surface area contributed by atoms with Crippen LogP contribution < -0.4 is 15.3 Å². The molecular formula is C19H15Cl4N5O. The van der Waals surface area contributed by atoms with Gasteiger partial charge in [-0.2, -0.15) is 5.26 Å². The van der Waals surface area contributed by atoms with Crippen molar-refractivity contribution < 1.29 is 4.79 Å². The second-order valence-corrected chi connectivity index (χ2v) is 8.38. The van der Waals surface area contributed by atoms with E-state index in [0.717, 1.165) is 0 Å². The summed E-state index contributed by atoms with van der Waals surface area (Å²) in [4.78, 5) is 17.3. The maximum absolute atomic E-state index is 13.0. The van der Waals surface area contributed by atoms with Gasteiger partial charge in [0.1, 0.15) is 11.0 Å². The first-order valence-corrected chi connectivity index (χ1v) is 9.96. The van der Waals surface area contributed by atoms with Crippen LogP contribution in [0.3, 0.4) is 0 Å². The summed E-state index contributed by atoms with van der Waals surface area (Å²) in [6.45, 7) is 3.16. The number of nitrogens with one attached hydrogen (secondary N) is 1. The van der Waals surface area contributed by atoms with E-state index in [4.69, 9.17) is 46.4 Å². The highest BCUT2D eigenvalue weighted by Crippen LogP contribution is 2.40. The van der Waals surface area contributed by atoms with E-state index in [1.165, 1.54) is 12.1 Å². The zero-order valence-corrected chi connectivity index (χ0v) is 18.4. The highest BCUT2D eigenvalue weighted by Gasteiger charge is 2.34. The van der Waals surface area contributed by atoms with Crippen LogP contribution in [-0.2, 0) is 0 Å².